The Kier molecular flexibility index (Phi) is 5.68. The molecule has 8 heteroatoms. The minimum absolute atomic E-state index is 0.0537. The van der Waals surface area contributed by atoms with E-state index in [0.29, 0.717) is 22.1 Å². The molecule has 2 unspecified atom stereocenters. The molecule has 1 aliphatic rings. The highest BCUT2D eigenvalue weighted by atomic mass is 32.2. The first-order valence-electron chi connectivity index (χ1n) is 10.3. The summed E-state index contributed by atoms with van der Waals surface area (Å²) in [5, 5.41) is 4.02. The summed E-state index contributed by atoms with van der Waals surface area (Å²) in [4.78, 5) is 29.9. The van der Waals surface area contributed by atoms with Gasteiger partial charge >= 0.3 is 5.97 Å². The molecule has 1 N–H and O–H groups in total. The number of aromatic nitrogens is 4. The number of thioether (sulfide) groups is 1. The second-order valence-corrected chi connectivity index (χ2v) is 8.52. The molecule has 1 fully saturated rings. The lowest BCUT2D eigenvalue weighted by Crippen LogP contribution is -2.04. The van der Waals surface area contributed by atoms with E-state index in [1.807, 2.05) is 36.4 Å². The van der Waals surface area contributed by atoms with Crippen LogP contribution in [0.2, 0.25) is 0 Å². The molecule has 0 radical (unpaired) electrons. The quantitative estimate of drug-likeness (QED) is 0.249. The molecule has 0 amide bonds. The van der Waals surface area contributed by atoms with Crippen LogP contribution in [0.25, 0.3) is 11.2 Å². The lowest BCUT2D eigenvalue weighted by molar-refractivity contribution is -0.142. The van der Waals surface area contributed by atoms with E-state index in [4.69, 9.17) is 9.72 Å². The third-order valence-electron chi connectivity index (χ3n) is 5.39. The van der Waals surface area contributed by atoms with Gasteiger partial charge in [0, 0.05) is 23.8 Å². The third kappa shape index (κ3) is 4.40. The molecule has 1 aliphatic carbocycles. The molecule has 0 aliphatic heterocycles. The Bertz CT molecular complexity index is 1270. The summed E-state index contributed by atoms with van der Waals surface area (Å²) in [7, 11) is 1.43. The molecule has 5 rings (SSSR count). The summed E-state index contributed by atoms with van der Waals surface area (Å²) in [6.45, 7) is 0. The number of hydrogen-bond acceptors (Lipinski definition) is 8. The van der Waals surface area contributed by atoms with E-state index >= 15 is 0 Å². The van der Waals surface area contributed by atoms with Crippen LogP contribution in [0.5, 0.6) is 0 Å². The normalized spacial score (nSPS) is 17.2. The van der Waals surface area contributed by atoms with Gasteiger partial charge in [-0.1, -0.05) is 54.2 Å². The minimum atomic E-state index is -0.148. The number of fused-ring (bicyclic) bond motifs is 1. The fourth-order valence-corrected chi connectivity index (χ4v) is 4.47. The molecule has 0 spiro atoms. The van der Waals surface area contributed by atoms with Crippen LogP contribution in [0.4, 0.5) is 11.5 Å². The molecule has 1 saturated carbocycles. The van der Waals surface area contributed by atoms with Gasteiger partial charge in [0.25, 0.3) is 0 Å². The predicted octanol–water partition coefficient (Wildman–Crippen LogP) is 4.73. The average Bonchev–Trinajstić information content (AvgIpc) is 3.64. The zero-order chi connectivity index (χ0) is 21.9. The number of anilines is 2. The Morgan fingerprint density at radius 3 is 2.78 bits per heavy atom. The van der Waals surface area contributed by atoms with Gasteiger partial charge in [-0.05, 0) is 35.6 Å². The second-order valence-electron chi connectivity index (χ2n) is 7.58. The van der Waals surface area contributed by atoms with E-state index in [1.165, 1.54) is 12.7 Å². The molecule has 2 aromatic heterocycles. The van der Waals surface area contributed by atoms with Gasteiger partial charge in [0.1, 0.15) is 0 Å². The molecule has 7 nitrogen and oxygen atoms in total. The first-order chi connectivity index (χ1) is 15.7. The first-order valence-corrected chi connectivity index (χ1v) is 11.3. The molecular weight excluding hydrogens is 422 g/mol. The van der Waals surface area contributed by atoms with Crippen LogP contribution < -0.4 is 5.32 Å². The number of nitrogens with zero attached hydrogens (tertiary/aromatic N) is 4. The molecule has 2 aromatic carbocycles. The van der Waals surface area contributed by atoms with Crippen molar-refractivity contribution in [1.29, 1.82) is 0 Å². The minimum Gasteiger partial charge on any atom is -0.469 e. The Morgan fingerprint density at radius 1 is 1.09 bits per heavy atom. The zero-order valence-corrected chi connectivity index (χ0v) is 18.2. The topological polar surface area (TPSA) is 89.9 Å². The highest BCUT2D eigenvalue weighted by Gasteiger charge is 2.44. The van der Waals surface area contributed by atoms with E-state index in [1.54, 1.807) is 24.2 Å². The van der Waals surface area contributed by atoms with Gasteiger partial charge in [-0.3, -0.25) is 4.79 Å². The fraction of sp³-hybridized carbons (Fsp3) is 0.208. The van der Waals surface area contributed by atoms with Crippen LogP contribution in [-0.2, 0) is 15.3 Å². The second kappa shape index (κ2) is 8.92. The number of esters is 1. The summed E-state index contributed by atoms with van der Waals surface area (Å²) < 4.78 is 4.88. The SMILES string of the molecule is COC(=O)C1CC1c1cccc(Nc2nc(SCc3ccccc3)nc3nccnc23)c1. The van der Waals surface area contributed by atoms with E-state index in [9.17, 15) is 4.79 Å². The van der Waals surface area contributed by atoms with Crippen molar-refractivity contribution in [2.45, 2.75) is 23.2 Å². The van der Waals surface area contributed by atoms with Gasteiger partial charge in [0.05, 0.1) is 13.0 Å². The number of carbonyl (C=O) groups excluding carboxylic acids is 1. The Hall–Kier alpha value is -3.52. The van der Waals surface area contributed by atoms with Crippen molar-refractivity contribution in [3.63, 3.8) is 0 Å². The van der Waals surface area contributed by atoms with Gasteiger partial charge in [0.15, 0.2) is 22.1 Å². The number of benzene rings is 2. The van der Waals surface area contributed by atoms with Gasteiger partial charge in [-0.2, -0.15) is 0 Å². The number of nitrogens with one attached hydrogen (secondary N) is 1. The van der Waals surface area contributed by atoms with Crippen molar-refractivity contribution in [3.05, 3.63) is 78.1 Å². The molecule has 2 heterocycles. The standard InChI is InChI=1S/C24H21N5O2S/c1-31-23(30)19-13-18(19)16-8-5-9-17(12-16)27-22-20-21(26-11-10-25-20)28-24(29-22)32-14-15-6-3-2-4-7-15/h2-12,18-19H,13-14H2,1H3,(H,26,27,28,29). The molecule has 0 saturated heterocycles. The third-order valence-corrected chi connectivity index (χ3v) is 6.31. The summed E-state index contributed by atoms with van der Waals surface area (Å²) in [6, 6.07) is 18.2. The van der Waals surface area contributed by atoms with Crippen LogP contribution in [0.1, 0.15) is 23.5 Å². The van der Waals surface area contributed by atoms with Crippen molar-refractivity contribution >= 4 is 40.4 Å². The van der Waals surface area contributed by atoms with E-state index < -0.39 is 0 Å². The van der Waals surface area contributed by atoms with Crippen LogP contribution in [-0.4, -0.2) is 33.0 Å². The lowest BCUT2D eigenvalue weighted by Gasteiger charge is -2.11. The number of ether oxygens (including phenoxy) is 1. The van der Waals surface area contributed by atoms with Gasteiger partial charge in [-0.15, -0.1) is 0 Å². The van der Waals surface area contributed by atoms with Crippen molar-refractivity contribution in [3.8, 4) is 0 Å². The van der Waals surface area contributed by atoms with Crippen LogP contribution in [0, 0.1) is 5.92 Å². The smallest absolute Gasteiger partial charge is 0.309 e. The lowest BCUT2D eigenvalue weighted by atomic mass is 10.1. The molecule has 2 atom stereocenters. The summed E-state index contributed by atoms with van der Waals surface area (Å²) in [5.41, 5.74) is 4.34. The van der Waals surface area contributed by atoms with E-state index in [0.717, 1.165) is 23.4 Å². The molecule has 4 aromatic rings. The Morgan fingerprint density at radius 2 is 1.94 bits per heavy atom. The number of hydrogen-bond donors (Lipinski definition) is 1. The van der Waals surface area contributed by atoms with Crippen molar-refractivity contribution in [2.24, 2.45) is 5.92 Å². The van der Waals surface area contributed by atoms with Crippen LogP contribution in [0.3, 0.4) is 0 Å². The zero-order valence-electron chi connectivity index (χ0n) is 17.4. The molecule has 0 bridgehead atoms. The largest absolute Gasteiger partial charge is 0.469 e. The van der Waals surface area contributed by atoms with Crippen molar-refractivity contribution < 1.29 is 9.53 Å². The summed E-state index contributed by atoms with van der Waals surface area (Å²) >= 11 is 1.56. The predicted molar refractivity (Wildman–Crippen MR) is 124 cm³/mol. The first kappa shape index (κ1) is 20.4. The van der Waals surface area contributed by atoms with Crippen molar-refractivity contribution in [2.75, 3.05) is 12.4 Å². The fourth-order valence-electron chi connectivity index (χ4n) is 3.68. The van der Waals surface area contributed by atoms with Crippen LogP contribution in [0.15, 0.2) is 72.1 Å². The number of carbonyl (C=O) groups is 1. The van der Waals surface area contributed by atoms with Gasteiger partial charge < -0.3 is 10.1 Å². The molecule has 32 heavy (non-hydrogen) atoms. The summed E-state index contributed by atoms with van der Waals surface area (Å²) in [5.74, 6) is 1.37. The maximum Gasteiger partial charge on any atom is 0.309 e. The molecule has 160 valence electrons. The Balaban J connectivity index is 1.40. The van der Waals surface area contributed by atoms with Crippen LogP contribution >= 0.6 is 11.8 Å². The van der Waals surface area contributed by atoms with E-state index in [-0.39, 0.29) is 17.8 Å². The average molecular weight is 444 g/mol. The Labute approximate surface area is 189 Å². The maximum absolute atomic E-state index is 11.8. The highest BCUT2D eigenvalue weighted by Crippen LogP contribution is 2.48. The molecular formula is C24H21N5O2S. The summed E-state index contributed by atoms with van der Waals surface area (Å²) in [6.07, 6.45) is 4.08. The maximum atomic E-state index is 11.8. The van der Waals surface area contributed by atoms with Gasteiger partial charge in [0.2, 0.25) is 0 Å². The number of methoxy groups -OCH3 is 1. The van der Waals surface area contributed by atoms with Gasteiger partial charge in [-0.25, -0.2) is 19.9 Å². The monoisotopic (exact) mass is 443 g/mol. The highest BCUT2D eigenvalue weighted by molar-refractivity contribution is 7.98. The van der Waals surface area contributed by atoms with Crippen molar-refractivity contribution in [1.82, 2.24) is 19.9 Å². The number of rotatable bonds is 7. The van der Waals surface area contributed by atoms with E-state index in [2.05, 4.69) is 38.5 Å².